The highest BCUT2D eigenvalue weighted by molar-refractivity contribution is 7.99. The number of ether oxygens (including phenoxy) is 1. The van der Waals surface area contributed by atoms with Crippen LogP contribution in [0.5, 0.6) is 5.75 Å². The van der Waals surface area contributed by atoms with Crippen molar-refractivity contribution >= 4 is 27.7 Å². The first-order valence-corrected chi connectivity index (χ1v) is 11.6. The molecule has 1 aromatic heterocycles. The number of rotatable bonds is 7. The van der Waals surface area contributed by atoms with Gasteiger partial charge in [-0.3, -0.25) is 4.79 Å². The minimum absolute atomic E-state index is 0.0111. The average Bonchev–Trinajstić information content (AvgIpc) is 3.25. The van der Waals surface area contributed by atoms with Crippen molar-refractivity contribution in [3.63, 3.8) is 0 Å². The van der Waals surface area contributed by atoms with Gasteiger partial charge >= 0.3 is 0 Å². The van der Waals surface area contributed by atoms with Crippen LogP contribution in [0.4, 0.5) is 0 Å². The number of aryl methyl sites for hydroxylation is 2. The minimum atomic E-state index is -3.81. The summed E-state index contributed by atoms with van der Waals surface area (Å²) in [5.41, 5.74) is 2.30. The predicted octanol–water partition coefficient (Wildman–Crippen LogP) is 3.20. The summed E-state index contributed by atoms with van der Waals surface area (Å²) in [7, 11) is -3.81. The van der Waals surface area contributed by atoms with Crippen molar-refractivity contribution in [2.45, 2.75) is 30.6 Å². The van der Waals surface area contributed by atoms with Gasteiger partial charge in [0.15, 0.2) is 6.61 Å². The molecule has 10 heteroatoms. The van der Waals surface area contributed by atoms with E-state index in [4.69, 9.17) is 9.15 Å². The van der Waals surface area contributed by atoms with Crippen LogP contribution in [0.1, 0.15) is 27.4 Å². The molecule has 0 spiro atoms. The molecular formula is C20H19N3O5S2. The van der Waals surface area contributed by atoms with E-state index in [-0.39, 0.29) is 28.8 Å². The molecule has 1 aliphatic rings. The number of nitrogens with zero attached hydrogens (tertiary/aromatic N) is 3. The van der Waals surface area contributed by atoms with E-state index < -0.39 is 15.9 Å². The van der Waals surface area contributed by atoms with Crippen LogP contribution in [-0.2, 0) is 16.6 Å². The van der Waals surface area contributed by atoms with E-state index in [2.05, 4.69) is 10.2 Å². The number of fused-ring (bicyclic) bond motifs is 1. The summed E-state index contributed by atoms with van der Waals surface area (Å²) in [6, 6.07) is 12.1. The maximum Gasteiger partial charge on any atom is 0.276 e. The van der Waals surface area contributed by atoms with Crippen LogP contribution in [0.25, 0.3) is 0 Å². The van der Waals surface area contributed by atoms with Crippen molar-refractivity contribution < 1.29 is 22.4 Å². The highest BCUT2D eigenvalue weighted by atomic mass is 32.2. The van der Waals surface area contributed by atoms with E-state index >= 15 is 0 Å². The quantitative estimate of drug-likeness (QED) is 0.511. The summed E-state index contributed by atoms with van der Waals surface area (Å²) in [4.78, 5) is 12.4. The molecule has 0 unspecified atom stereocenters. The van der Waals surface area contributed by atoms with E-state index in [0.717, 1.165) is 21.2 Å². The second kappa shape index (κ2) is 8.11. The second-order valence-electron chi connectivity index (χ2n) is 6.75. The first kappa shape index (κ1) is 20.4. The van der Waals surface area contributed by atoms with Gasteiger partial charge in [-0.15, -0.1) is 10.2 Å². The molecule has 0 fully saturated rings. The standard InChI is InChI=1S/C20H19N3O5S2/c1-13-7-8-14(2)16(11-13)27-12-18-21-22-20(28-18)29-10-9-23-19(24)15-5-3-4-6-17(15)30(23,25)26/h3-8,11H,9-10,12H2,1-2H3. The molecule has 156 valence electrons. The molecule has 3 aromatic rings. The third-order valence-electron chi connectivity index (χ3n) is 4.58. The van der Waals surface area contributed by atoms with E-state index in [1.54, 1.807) is 12.1 Å². The van der Waals surface area contributed by atoms with Gasteiger partial charge in [0.2, 0.25) is 0 Å². The zero-order valence-electron chi connectivity index (χ0n) is 16.4. The average molecular weight is 446 g/mol. The van der Waals surface area contributed by atoms with Crippen LogP contribution in [-0.4, -0.2) is 41.1 Å². The third-order valence-corrected chi connectivity index (χ3v) is 7.21. The zero-order chi connectivity index (χ0) is 21.3. The van der Waals surface area contributed by atoms with Gasteiger partial charge in [-0.05, 0) is 43.2 Å². The highest BCUT2D eigenvalue weighted by Crippen LogP contribution is 2.30. The molecule has 0 atom stereocenters. The number of carbonyl (C=O) groups is 1. The summed E-state index contributed by atoms with van der Waals surface area (Å²) in [5.74, 6) is 0.841. The molecule has 1 amide bonds. The normalized spacial score (nSPS) is 14.7. The molecular weight excluding hydrogens is 426 g/mol. The molecule has 2 aromatic carbocycles. The number of benzene rings is 2. The molecule has 0 N–H and O–H groups in total. The second-order valence-corrected chi connectivity index (χ2v) is 9.62. The molecule has 8 nitrogen and oxygen atoms in total. The molecule has 0 saturated heterocycles. The van der Waals surface area contributed by atoms with E-state index in [0.29, 0.717) is 11.6 Å². The Morgan fingerprint density at radius 2 is 1.93 bits per heavy atom. The molecule has 4 rings (SSSR count). The summed E-state index contributed by atoms with van der Waals surface area (Å²) in [6.45, 7) is 4.08. The van der Waals surface area contributed by atoms with Crippen molar-refractivity contribution in [1.82, 2.24) is 14.5 Å². The largest absolute Gasteiger partial charge is 0.484 e. The molecule has 0 saturated carbocycles. The number of thioether (sulfide) groups is 1. The fourth-order valence-corrected chi connectivity index (χ4v) is 5.41. The van der Waals surface area contributed by atoms with Crippen molar-refractivity contribution in [1.29, 1.82) is 0 Å². The van der Waals surface area contributed by atoms with E-state index in [1.807, 2.05) is 32.0 Å². The Bertz CT molecular complexity index is 1210. The van der Waals surface area contributed by atoms with Crippen molar-refractivity contribution in [2.24, 2.45) is 0 Å². The highest BCUT2D eigenvalue weighted by Gasteiger charge is 2.40. The Morgan fingerprint density at radius 3 is 2.73 bits per heavy atom. The van der Waals surface area contributed by atoms with Crippen molar-refractivity contribution in [2.75, 3.05) is 12.3 Å². The zero-order valence-corrected chi connectivity index (χ0v) is 18.0. The Labute approximate surface area is 178 Å². The Balaban J connectivity index is 1.33. The number of carbonyl (C=O) groups excluding carboxylic acids is 1. The SMILES string of the molecule is Cc1ccc(C)c(OCc2nnc(SCCN3C(=O)c4ccccc4S3(=O)=O)o2)c1. The van der Waals surface area contributed by atoms with Crippen molar-refractivity contribution in [3.05, 3.63) is 65.0 Å². The Kier molecular flexibility index (Phi) is 5.52. The molecule has 0 aliphatic carbocycles. The third kappa shape index (κ3) is 3.92. The topological polar surface area (TPSA) is 103 Å². The maximum atomic E-state index is 12.5. The van der Waals surface area contributed by atoms with Gasteiger partial charge in [0.05, 0.1) is 5.56 Å². The number of amides is 1. The van der Waals surface area contributed by atoms with Crippen LogP contribution in [0, 0.1) is 13.8 Å². The van der Waals surface area contributed by atoms with Crippen LogP contribution in [0.15, 0.2) is 57.0 Å². The number of sulfonamides is 1. The number of hydrogen-bond donors (Lipinski definition) is 0. The summed E-state index contributed by atoms with van der Waals surface area (Å²) in [5, 5.41) is 8.18. The molecule has 0 bridgehead atoms. The lowest BCUT2D eigenvalue weighted by Crippen LogP contribution is -2.32. The minimum Gasteiger partial charge on any atom is -0.484 e. The van der Waals surface area contributed by atoms with E-state index in [9.17, 15) is 13.2 Å². The molecule has 30 heavy (non-hydrogen) atoms. The fourth-order valence-electron chi connectivity index (χ4n) is 3.03. The molecule has 2 heterocycles. The maximum absolute atomic E-state index is 12.5. The van der Waals surface area contributed by atoms with Gasteiger partial charge < -0.3 is 9.15 Å². The number of aromatic nitrogens is 2. The van der Waals surface area contributed by atoms with Gasteiger partial charge in [0.25, 0.3) is 27.0 Å². The lowest BCUT2D eigenvalue weighted by Gasteiger charge is -2.13. The van der Waals surface area contributed by atoms with E-state index in [1.165, 1.54) is 23.9 Å². The fraction of sp³-hybridized carbons (Fsp3) is 0.250. The van der Waals surface area contributed by atoms with Crippen LogP contribution in [0.2, 0.25) is 0 Å². The van der Waals surface area contributed by atoms with Gasteiger partial charge in [-0.1, -0.05) is 36.0 Å². The lowest BCUT2D eigenvalue weighted by atomic mass is 10.1. The first-order valence-electron chi connectivity index (χ1n) is 9.17. The molecule has 0 radical (unpaired) electrons. The van der Waals surface area contributed by atoms with Crippen LogP contribution >= 0.6 is 11.8 Å². The Hall–Kier alpha value is -2.85. The number of hydrogen-bond acceptors (Lipinski definition) is 8. The van der Waals surface area contributed by atoms with Crippen molar-refractivity contribution in [3.8, 4) is 5.75 Å². The smallest absolute Gasteiger partial charge is 0.276 e. The summed E-state index contributed by atoms with van der Waals surface area (Å²) in [6.07, 6.45) is 0. The van der Waals surface area contributed by atoms with Crippen LogP contribution in [0.3, 0.4) is 0 Å². The molecule has 1 aliphatic heterocycles. The predicted molar refractivity (Wildman–Crippen MR) is 110 cm³/mol. The van der Waals surface area contributed by atoms with Gasteiger partial charge in [-0.25, -0.2) is 12.7 Å². The summed E-state index contributed by atoms with van der Waals surface area (Å²) >= 11 is 1.18. The monoisotopic (exact) mass is 445 g/mol. The first-order chi connectivity index (χ1) is 14.4. The lowest BCUT2D eigenvalue weighted by molar-refractivity contribution is 0.0876. The summed E-state index contributed by atoms with van der Waals surface area (Å²) < 4.78 is 37.2. The van der Waals surface area contributed by atoms with Gasteiger partial charge in [0, 0.05) is 12.3 Å². The Morgan fingerprint density at radius 1 is 1.13 bits per heavy atom. The van der Waals surface area contributed by atoms with Gasteiger partial charge in [0.1, 0.15) is 10.6 Å². The van der Waals surface area contributed by atoms with Gasteiger partial charge in [-0.2, -0.15) is 0 Å². The van der Waals surface area contributed by atoms with Crippen LogP contribution < -0.4 is 4.74 Å².